The summed E-state index contributed by atoms with van der Waals surface area (Å²) in [6, 6.07) is 1.89. The van der Waals surface area contributed by atoms with Crippen molar-refractivity contribution in [1.29, 1.82) is 0 Å². The topological polar surface area (TPSA) is 25.8 Å². The molecule has 84 valence electrons. The molecule has 0 aromatic carbocycles. The molecule has 2 rings (SSSR count). The van der Waals surface area contributed by atoms with Gasteiger partial charge in [0.25, 0.3) is 0 Å². The summed E-state index contributed by atoms with van der Waals surface area (Å²) < 4.78 is 0. The van der Waals surface area contributed by atoms with Crippen LogP contribution in [0.3, 0.4) is 0 Å². The Hall–Kier alpha value is -0.640. The van der Waals surface area contributed by atoms with Crippen LogP contribution in [0.25, 0.3) is 0 Å². The monoisotopic (exact) mass is 272 g/mol. The van der Waals surface area contributed by atoms with E-state index in [0.29, 0.717) is 11.4 Å². The van der Waals surface area contributed by atoms with Gasteiger partial charge in [0, 0.05) is 17.8 Å². The minimum Gasteiger partial charge on any atom is -0.263 e. The lowest BCUT2D eigenvalue weighted by Gasteiger charge is -2.07. The molecule has 1 atom stereocenters. The highest BCUT2D eigenvalue weighted by atomic mass is 35.5. The molecule has 2 aromatic heterocycles. The first kappa shape index (κ1) is 11.8. The fourth-order valence-corrected chi connectivity index (χ4v) is 2.61. The van der Waals surface area contributed by atoms with E-state index < -0.39 is 0 Å². The number of halogens is 2. The Labute approximate surface area is 108 Å². The molecule has 0 radical (unpaired) electrons. The van der Waals surface area contributed by atoms with Gasteiger partial charge in [-0.15, -0.1) is 22.9 Å². The van der Waals surface area contributed by atoms with Crippen molar-refractivity contribution in [3.05, 3.63) is 45.1 Å². The fourth-order valence-electron chi connectivity index (χ4n) is 1.39. The van der Waals surface area contributed by atoms with Crippen LogP contribution in [0, 0.1) is 6.92 Å². The minimum absolute atomic E-state index is 0.134. The average Bonchev–Trinajstić information content (AvgIpc) is 2.68. The van der Waals surface area contributed by atoms with Crippen molar-refractivity contribution in [3.8, 4) is 0 Å². The standard InChI is InChI=1S/C11H10Cl2N2S/c1-7-15-11(6-16-7)9(12)4-8-2-3-14-5-10(8)13/h2-3,5-6,9H,4H2,1H3. The smallest absolute Gasteiger partial charge is 0.0897 e. The number of rotatable bonds is 3. The second-order valence-corrected chi connectivity index (χ2v) is 5.43. The number of pyridine rings is 1. The lowest BCUT2D eigenvalue weighted by atomic mass is 10.1. The molecule has 0 N–H and O–H groups in total. The first-order valence-electron chi connectivity index (χ1n) is 4.81. The molecule has 0 aliphatic carbocycles. The molecule has 0 bridgehead atoms. The summed E-state index contributed by atoms with van der Waals surface area (Å²) in [6.45, 7) is 1.97. The van der Waals surface area contributed by atoms with E-state index in [1.807, 2.05) is 18.4 Å². The third kappa shape index (κ3) is 2.73. The van der Waals surface area contributed by atoms with Gasteiger partial charge in [0.2, 0.25) is 0 Å². The fraction of sp³-hybridized carbons (Fsp3) is 0.273. The zero-order valence-electron chi connectivity index (χ0n) is 8.65. The van der Waals surface area contributed by atoms with Gasteiger partial charge in [-0.2, -0.15) is 0 Å². The van der Waals surface area contributed by atoms with Gasteiger partial charge in [-0.05, 0) is 25.0 Å². The summed E-state index contributed by atoms with van der Waals surface area (Å²) in [5, 5.41) is 3.54. The van der Waals surface area contributed by atoms with Crippen molar-refractivity contribution in [1.82, 2.24) is 9.97 Å². The third-order valence-corrected chi connectivity index (χ3v) is 3.72. The Morgan fingerprint density at radius 2 is 2.31 bits per heavy atom. The van der Waals surface area contributed by atoms with E-state index in [1.165, 1.54) is 0 Å². The maximum Gasteiger partial charge on any atom is 0.0897 e. The third-order valence-electron chi connectivity index (χ3n) is 2.21. The number of nitrogens with zero attached hydrogens (tertiary/aromatic N) is 2. The molecule has 5 heteroatoms. The summed E-state index contributed by atoms with van der Waals surface area (Å²) >= 11 is 13.9. The van der Waals surface area contributed by atoms with E-state index in [1.54, 1.807) is 23.7 Å². The van der Waals surface area contributed by atoms with Crippen molar-refractivity contribution in [3.63, 3.8) is 0 Å². The lowest BCUT2D eigenvalue weighted by Crippen LogP contribution is -1.97. The van der Waals surface area contributed by atoms with Crippen molar-refractivity contribution in [2.75, 3.05) is 0 Å². The molecular weight excluding hydrogens is 263 g/mol. The summed E-state index contributed by atoms with van der Waals surface area (Å²) in [6.07, 6.45) is 4.02. The van der Waals surface area contributed by atoms with Gasteiger partial charge in [-0.25, -0.2) is 4.98 Å². The van der Waals surface area contributed by atoms with Crippen molar-refractivity contribution in [2.45, 2.75) is 18.7 Å². The molecule has 2 heterocycles. The molecule has 0 fully saturated rings. The average molecular weight is 273 g/mol. The van der Waals surface area contributed by atoms with Gasteiger partial charge in [-0.1, -0.05) is 11.6 Å². The van der Waals surface area contributed by atoms with Crippen LogP contribution >= 0.6 is 34.5 Å². The molecule has 1 unspecified atom stereocenters. The van der Waals surface area contributed by atoms with Crippen LogP contribution in [0.1, 0.15) is 21.6 Å². The Kier molecular flexibility index (Phi) is 3.79. The molecular formula is C11H10Cl2N2S. The van der Waals surface area contributed by atoms with Gasteiger partial charge < -0.3 is 0 Å². The summed E-state index contributed by atoms with van der Waals surface area (Å²) in [4.78, 5) is 8.30. The maximum atomic E-state index is 6.29. The first-order chi connectivity index (χ1) is 7.66. The summed E-state index contributed by atoms with van der Waals surface area (Å²) in [5.41, 5.74) is 1.92. The lowest BCUT2D eigenvalue weighted by molar-refractivity contribution is 0.880. The molecule has 0 saturated heterocycles. The molecule has 2 nitrogen and oxygen atoms in total. The quantitative estimate of drug-likeness (QED) is 0.789. The Balaban J connectivity index is 2.13. The predicted molar refractivity (Wildman–Crippen MR) is 68.4 cm³/mol. The van der Waals surface area contributed by atoms with Crippen LogP contribution < -0.4 is 0 Å². The van der Waals surface area contributed by atoms with Crippen LogP contribution in [0.4, 0.5) is 0 Å². The molecule has 0 spiro atoms. The first-order valence-corrected chi connectivity index (χ1v) is 6.50. The van der Waals surface area contributed by atoms with Gasteiger partial charge in [0.1, 0.15) is 0 Å². The van der Waals surface area contributed by atoms with Crippen LogP contribution in [-0.4, -0.2) is 9.97 Å². The van der Waals surface area contributed by atoms with Gasteiger partial charge in [0.05, 0.1) is 21.1 Å². The molecule has 0 saturated carbocycles. The van der Waals surface area contributed by atoms with Crippen LogP contribution in [0.2, 0.25) is 5.02 Å². The van der Waals surface area contributed by atoms with Gasteiger partial charge >= 0.3 is 0 Å². The number of hydrogen-bond donors (Lipinski definition) is 0. The normalized spacial score (nSPS) is 12.7. The van der Waals surface area contributed by atoms with Crippen LogP contribution in [0.5, 0.6) is 0 Å². The maximum absolute atomic E-state index is 6.29. The number of thiazole rings is 1. The van der Waals surface area contributed by atoms with E-state index in [2.05, 4.69) is 9.97 Å². The number of aryl methyl sites for hydroxylation is 1. The zero-order valence-corrected chi connectivity index (χ0v) is 11.0. The van der Waals surface area contributed by atoms with Crippen LogP contribution in [-0.2, 0) is 6.42 Å². The van der Waals surface area contributed by atoms with Gasteiger partial charge in [0.15, 0.2) is 0 Å². The highest BCUT2D eigenvalue weighted by molar-refractivity contribution is 7.09. The van der Waals surface area contributed by atoms with Gasteiger partial charge in [-0.3, -0.25) is 4.98 Å². The van der Waals surface area contributed by atoms with E-state index in [0.717, 1.165) is 16.3 Å². The van der Waals surface area contributed by atoms with E-state index >= 15 is 0 Å². The van der Waals surface area contributed by atoms with Crippen LogP contribution in [0.15, 0.2) is 23.8 Å². The Morgan fingerprint density at radius 1 is 1.50 bits per heavy atom. The second-order valence-electron chi connectivity index (χ2n) is 3.43. The highest BCUT2D eigenvalue weighted by Gasteiger charge is 2.13. The number of alkyl halides is 1. The number of hydrogen-bond acceptors (Lipinski definition) is 3. The molecule has 16 heavy (non-hydrogen) atoms. The van der Waals surface area contributed by atoms with Crippen molar-refractivity contribution < 1.29 is 0 Å². The predicted octanol–water partition coefficient (Wildman–Crippen LogP) is 4.02. The van der Waals surface area contributed by atoms with Crippen molar-refractivity contribution >= 4 is 34.5 Å². The zero-order chi connectivity index (χ0) is 11.5. The summed E-state index contributed by atoms with van der Waals surface area (Å²) in [5.74, 6) is 0. The number of aromatic nitrogens is 2. The highest BCUT2D eigenvalue weighted by Crippen LogP contribution is 2.28. The molecule has 0 amide bonds. The van der Waals surface area contributed by atoms with E-state index in [-0.39, 0.29) is 5.38 Å². The summed E-state index contributed by atoms with van der Waals surface area (Å²) in [7, 11) is 0. The SMILES string of the molecule is Cc1nc(C(Cl)Cc2ccncc2Cl)cs1. The largest absolute Gasteiger partial charge is 0.263 e. The molecule has 0 aliphatic rings. The molecule has 0 aliphatic heterocycles. The van der Waals surface area contributed by atoms with E-state index in [9.17, 15) is 0 Å². The van der Waals surface area contributed by atoms with Crippen molar-refractivity contribution in [2.24, 2.45) is 0 Å². The Bertz CT molecular complexity index is 484. The molecule has 2 aromatic rings. The minimum atomic E-state index is -0.134. The van der Waals surface area contributed by atoms with E-state index in [4.69, 9.17) is 23.2 Å². The Morgan fingerprint density at radius 3 is 2.94 bits per heavy atom. The second kappa shape index (κ2) is 5.13.